The van der Waals surface area contributed by atoms with Crippen molar-refractivity contribution in [1.82, 2.24) is 16.0 Å². The summed E-state index contributed by atoms with van der Waals surface area (Å²) in [5.41, 5.74) is 0.882. The second-order valence-electron chi connectivity index (χ2n) is 8.13. The van der Waals surface area contributed by atoms with Gasteiger partial charge in [0.05, 0.1) is 10.9 Å². The number of hydrogen-bond acceptors (Lipinski definition) is 5. The molecule has 33 heavy (non-hydrogen) atoms. The van der Waals surface area contributed by atoms with Crippen molar-refractivity contribution >= 4 is 45.4 Å². The molecule has 1 saturated heterocycles. The van der Waals surface area contributed by atoms with Gasteiger partial charge in [-0.2, -0.15) is 0 Å². The van der Waals surface area contributed by atoms with Crippen LogP contribution in [-0.4, -0.2) is 42.6 Å². The Morgan fingerprint density at radius 3 is 2.55 bits per heavy atom. The Morgan fingerprint density at radius 1 is 1.09 bits per heavy atom. The molecule has 1 fully saturated rings. The van der Waals surface area contributed by atoms with E-state index in [4.69, 9.17) is 0 Å². The third kappa shape index (κ3) is 5.64. The molecule has 1 aliphatic heterocycles. The molecule has 0 unspecified atom stereocenters. The SMILES string of the molecule is O=C[C@H](C[C@@H]1CCNC1=O)NC(=O)[C@H](Cc1ccccc1)NC(=O)c1cc2ccccc2s1. The monoisotopic (exact) mass is 463 g/mol. The maximum Gasteiger partial charge on any atom is 0.262 e. The lowest BCUT2D eigenvalue weighted by atomic mass is 9.98. The van der Waals surface area contributed by atoms with Crippen LogP contribution in [0.5, 0.6) is 0 Å². The minimum absolute atomic E-state index is 0.102. The van der Waals surface area contributed by atoms with Crippen LogP contribution in [-0.2, 0) is 20.8 Å². The molecule has 0 saturated carbocycles. The Bertz CT molecular complexity index is 1130. The van der Waals surface area contributed by atoms with Crippen LogP contribution >= 0.6 is 11.3 Å². The average Bonchev–Trinajstić information content (AvgIpc) is 3.44. The van der Waals surface area contributed by atoms with E-state index in [1.807, 2.05) is 54.6 Å². The molecule has 8 heteroatoms. The predicted octanol–water partition coefficient (Wildman–Crippen LogP) is 2.45. The highest BCUT2D eigenvalue weighted by Crippen LogP contribution is 2.25. The molecule has 2 aromatic carbocycles. The number of hydrogen-bond donors (Lipinski definition) is 3. The summed E-state index contributed by atoms with van der Waals surface area (Å²) >= 11 is 1.36. The number of rotatable bonds is 9. The van der Waals surface area contributed by atoms with Gasteiger partial charge in [-0.05, 0) is 35.9 Å². The summed E-state index contributed by atoms with van der Waals surface area (Å²) in [6.07, 6.45) is 1.80. The number of benzene rings is 2. The Hall–Kier alpha value is -3.52. The fourth-order valence-electron chi connectivity index (χ4n) is 3.99. The standard InChI is InChI=1S/C25H25N3O4S/c29-15-19(13-18-10-11-26-23(18)30)27-24(31)20(12-16-6-2-1-3-7-16)28-25(32)22-14-17-8-4-5-9-21(17)33-22/h1-9,14-15,18-20H,10-13H2,(H,26,30)(H,27,31)(H,28,32)/t18-,19-,20-/m0/s1. The number of carbonyl (C=O) groups is 4. The molecule has 3 atom stereocenters. The molecule has 3 aromatic rings. The molecular formula is C25H25N3O4S. The number of amides is 3. The maximum atomic E-state index is 13.1. The van der Waals surface area contributed by atoms with Crippen molar-refractivity contribution in [2.24, 2.45) is 5.92 Å². The van der Waals surface area contributed by atoms with E-state index in [0.29, 0.717) is 24.1 Å². The van der Waals surface area contributed by atoms with E-state index in [2.05, 4.69) is 16.0 Å². The summed E-state index contributed by atoms with van der Waals surface area (Å²) < 4.78 is 0.988. The van der Waals surface area contributed by atoms with Crippen molar-refractivity contribution in [2.45, 2.75) is 31.3 Å². The summed E-state index contributed by atoms with van der Waals surface area (Å²) in [6, 6.07) is 17.2. The van der Waals surface area contributed by atoms with E-state index in [-0.39, 0.29) is 30.6 Å². The van der Waals surface area contributed by atoms with Gasteiger partial charge in [0.15, 0.2) is 0 Å². The highest BCUT2D eigenvalue weighted by molar-refractivity contribution is 7.20. The van der Waals surface area contributed by atoms with Crippen LogP contribution in [0.4, 0.5) is 0 Å². The fourth-order valence-corrected chi connectivity index (χ4v) is 4.96. The number of fused-ring (bicyclic) bond motifs is 1. The zero-order valence-corrected chi connectivity index (χ0v) is 18.8. The van der Waals surface area contributed by atoms with E-state index < -0.39 is 18.0 Å². The number of nitrogens with one attached hydrogen (secondary N) is 3. The maximum absolute atomic E-state index is 13.1. The third-order valence-electron chi connectivity index (χ3n) is 5.75. The second-order valence-corrected chi connectivity index (χ2v) is 9.21. The van der Waals surface area contributed by atoms with Crippen LogP contribution in [0.15, 0.2) is 60.7 Å². The van der Waals surface area contributed by atoms with E-state index >= 15 is 0 Å². The summed E-state index contributed by atoms with van der Waals surface area (Å²) in [5.74, 6) is -1.20. The van der Waals surface area contributed by atoms with Crippen molar-refractivity contribution in [3.63, 3.8) is 0 Å². The summed E-state index contributed by atoms with van der Waals surface area (Å²) in [5, 5.41) is 9.26. The Morgan fingerprint density at radius 2 is 1.85 bits per heavy atom. The fraction of sp³-hybridized carbons (Fsp3) is 0.280. The second kappa shape index (κ2) is 10.4. The first-order chi connectivity index (χ1) is 16.0. The van der Waals surface area contributed by atoms with Crippen molar-refractivity contribution in [1.29, 1.82) is 0 Å². The number of thiophene rings is 1. The number of aldehydes is 1. The predicted molar refractivity (Wildman–Crippen MR) is 127 cm³/mol. The van der Waals surface area contributed by atoms with Crippen LogP contribution in [0.2, 0.25) is 0 Å². The molecular weight excluding hydrogens is 438 g/mol. The lowest BCUT2D eigenvalue weighted by molar-refractivity contribution is -0.127. The first-order valence-corrected chi connectivity index (χ1v) is 11.7. The third-order valence-corrected chi connectivity index (χ3v) is 6.86. The summed E-state index contributed by atoms with van der Waals surface area (Å²) in [7, 11) is 0. The lowest BCUT2D eigenvalue weighted by Crippen LogP contribution is -2.51. The molecule has 0 radical (unpaired) electrons. The van der Waals surface area contributed by atoms with Gasteiger partial charge in [0.2, 0.25) is 11.8 Å². The Labute approximate surface area is 195 Å². The minimum atomic E-state index is -0.870. The minimum Gasteiger partial charge on any atom is -0.356 e. The molecule has 0 aliphatic carbocycles. The topological polar surface area (TPSA) is 104 Å². The van der Waals surface area contributed by atoms with Crippen molar-refractivity contribution < 1.29 is 19.2 Å². The molecule has 7 nitrogen and oxygen atoms in total. The van der Waals surface area contributed by atoms with Gasteiger partial charge < -0.3 is 20.7 Å². The molecule has 4 rings (SSSR count). The van der Waals surface area contributed by atoms with Gasteiger partial charge in [0, 0.05) is 23.6 Å². The lowest BCUT2D eigenvalue weighted by Gasteiger charge is -2.22. The van der Waals surface area contributed by atoms with Gasteiger partial charge in [0.25, 0.3) is 5.91 Å². The molecule has 3 amide bonds. The molecule has 1 aliphatic rings. The quantitative estimate of drug-likeness (QED) is 0.424. The zero-order valence-electron chi connectivity index (χ0n) is 18.0. The Kier molecular flexibility index (Phi) is 7.14. The normalized spacial score (nSPS) is 17.2. The van der Waals surface area contributed by atoms with Crippen molar-refractivity contribution in [3.05, 3.63) is 71.1 Å². The smallest absolute Gasteiger partial charge is 0.262 e. The highest BCUT2D eigenvalue weighted by atomic mass is 32.1. The van der Waals surface area contributed by atoms with Gasteiger partial charge >= 0.3 is 0 Å². The largest absolute Gasteiger partial charge is 0.356 e. The Balaban J connectivity index is 1.49. The molecule has 170 valence electrons. The van der Waals surface area contributed by atoms with Gasteiger partial charge in [-0.25, -0.2) is 0 Å². The highest BCUT2D eigenvalue weighted by Gasteiger charge is 2.30. The van der Waals surface area contributed by atoms with Crippen LogP contribution in [0, 0.1) is 5.92 Å². The van der Waals surface area contributed by atoms with E-state index in [0.717, 1.165) is 15.6 Å². The van der Waals surface area contributed by atoms with Crippen LogP contribution < -0.4 is 16.0 Å². The van der Waals surface area contributed by atoms with Crippen LogP contribution in [0.1, 0.15) is 28.1 Å². The van der Waals surface area contributed by atoms with E-state index in [9.17, 15) is 19.2 Å². The van der Waals surface area contributed by atoms with Gasteiger partial charge in [-0.15, -0.1) is 11.3 Å². The molecule has 2 heterocycles. The van der Waals surface area contributed by atoms with E-state index in [1.165, 1.54) is 11.3 Å². The molecule has 0 spiro atoms. The van der Waals surface area contributed by atoms with Gasteiger partial charge in [-0.3, -0.25) is 14.4 Å². The van der Waals surface area contributed by atoms with Crippen molar-refractivity contribution in [2.75, 3.05) is 6.54 Å². The number of carbonyl (C=O) groups excluding carboxylic acids is 4. The van der Waals surface area contributed by atoms with Crippen LogP contribution in [0.3, 0.4) is 0 Å². The van der Waals surface area contributed by atoms with Gasteiger partial charge in [-0.1, -0.05) is 48.5 Å². The first kappa shape index (κ1) is 22.7. The summed E-state index contributed by atoms with van der Waals surface area (Å²) in [4.78, 5) is 50.1. The average molecular weight is 464 g/mol. The van der Waals surface area contributed by atoms with Gasteiger partial charge in [0.1, 0.15) is 12.3 Å². The van der Waals surface area contributed by atoms with Crippen LogP contribution in [0.25, 0.3) is 10.1 Å². The molecule has 1 aromatic heterocycles. The van der Waals surface area contributed by atoms with E-state index in [1.54, 1.807) is 6.07 Å². The zero-order chi connectivity index (χ0) is 23.2. The summed E-state index contributed by atoms with van der Waals surface area (Å²) in [6.45, 7) is 0.574. The molecule has 3 N–H and O–H groups in total. The van der Waals surface area contributed by atoms with Crippen molar-refractivity contribution in [3.8, 4) is 0 Å². The molecule has 0 bridgehead atoms. The first-order valence-electron chi connectivity index (χ1n) is 10.9.